The first-order chi connectivity index (χ1) is 5.95. The van der Waals surface area contributed by atoms with Gasteiger partial charge in [0.2, 0.25) is 0 Å². The Kier molecular flexibility index (Phi) is 2.49. The zero-order valence-corrected chi connectivity index (χ0v) is 7.48. The van der Waals surface area contributed by atoms with Crippen molar-refractivity contribution in [3.8, 4) is 0 Å². The normalized spacial score (nSPS) is 10.0. The zero-order chi connectivity index (χ0) is 10.2. The van der Waals surface area contributed by atoms with Crippen LogP contribution in [0.2, 0.25) is 10.0 Å². The first kappa shape index (κ1) is 9.88. The maximum absolute atomic E-state index is 10.4. The molecule has 0 unspecified atom stereocenters. The van der Waals surface area contributed by atoms with Crippen LogP contribution in [0, 0.1) is 0 Å². The molecule has 1 heterocycles. The van der Waals surface area contributed by atoms with E-state index in [4.69, 9.17) is 33.4 Å². The Hall–Kier alpha value is -1.20. The number of hydrogen-bond acceptors (Lipinski definition) is 2. The van der Waals surface area contributed by atoms with E-state index in [-0.39, 0.29) is 10.0 Å². The molecule has 70 valence electrons. The van der Waals surface area contributed by atoms with Crippen molar-refractivity contribution in [1.82, 2.24) is 4.98 Å². The predicted molar refractivity (Wildman–Crippen MR) is 44.7 cm³/mol. The predicted octanol–water partition coefficient (Wildman–Crippen LogP) is 1.72. The van der Waals surface area contributed by atoms with E-state index < -0.39 is 23.3 Å². The number of halogens is 2. The second-order valence-electron chi connectivity index (χ2n) is 2.11. The number of aromatic amines is 1. The Bertz CT molecular complexity index is 350. The van der Waals surface area contributed by atoms with Crippen molar-refractivity contribution in [2.24, 2.45) is 0 Å². The summed E-state index contributed by atoms with van der Waals surface area (Å²) in [6.07, 6.45) is 0. The summed E-state index contributed by atoms with van der Waals surface area (Å²) in [5.74, 6) is -2.72. The first-order valence-corrected chi connectivity index (χ1v) is 3.74. The quantitative estimate of drug-likeness (QED) is 0.713. The second kappa shape index (κ2) is 3.27. The summed E-state index contributed by atoms with van der Waals surface area (Å²) in [7, 11) is 0. The molecule has 1 rings (SSSR count). The number of carboxylic acids is 2. The summed E-state index contributed by atoms with van der Waals surface area (Å²) >= 11 is 10.9. The van der Waals surface area contributed by atoms with Gasteiger partial charge in [0, 0.05) is 0 Å². The molecule has 7 heteroatoms. The third-order valence-electron chi connectivity index (χ3n) is 1.31. The molecule has 0 spiro atoms. The molecule has 0 aliphatic heterocycles. The molecule has 0 amide bonds. The molecule has 1 aromatic heterocycles. The highest BCUT2D eigenvalue weighted by molar-refractivity contribution is 6.45. The van der Waals surface area contributed by atoms with E-state index in [0.29, 0.717) is 0 Å². The molecule has 0 aromatic carbocycles. The van der Waals surface area contributed by atoms with E-state index in [1.165, 1.54) is 0 Å². The van der Waals surface area contributed by atoms with Gasteiger partial charge in [-0.15, -0.1) is 0 Å². The first-order valence-electron chi connectivity index (χ1n) is 2.98. The third-order valence-corrected chi connectivity index (χ3v) is 2.16. The van der Waals surface area contributed by atoms with Crippen LogP contribution in [0.15, 0.2) is 0 Å². The molecule has 0 aliphatic carbocycles. The van der Waals surface area contributed by atoms with Crippen molar-refractivity contribution in [2.75, 3.05) is 0 Å². The van der Waals surface area contributed by atoms with Crippen LogP contribution >= 0.6 is 23.2 Å². The van der Waals surface area contributed by atoms with Crippen LogP contribution in [-0.2, 0) is 0 Å². The van der Waals surface area contributed by atoms with Gasteiger partial charge in [0.25, 0.3) is 0 Å². The number of aromatic carboxylic acids is 2. The molecule has 0 saturated carbocycles. The van der Waals surface area contributed by atoms with Gasteiger partial charge in [0.1, 0.15) is 11.4 Å². The van der Waals surface area contributed by atoms with E-state index in [1.807, 2.05) is 0 Å². The van der Waals surface area contributed by atoms with Gasteiger partial charge >= 0.3 is 11.9 Å². The van der Waals surface area contributed by atoms with Crippen LogP contribution in [0.1, 0.15) is 21.0 Å². The summed E-state index contributed by atoms with van der Waals surface area (Å²) in [5, 5.41) is 16.4. The highest BCUT2D eigenvalue weighted by Gasteiger charge is 2.22. The van der Waals surface area contributed by atoms with Crippen LogP contribution in [0.25, 0.3) is 0 Å². The average molecular weight is 224 g/mol. The molecule has 1 aromatic rings. The van der Waals surface area contributed by atoms with E-state index in [2.05, 4.69) is 4.98 Å². The van der Waals surface area contributed by atoms with Crippen LogP contribution in [0.4, 0.5) is 0 Å². The molecule has 5 nitrogen and oxygen atoms in total. The van der Waals surface area contributed by atoms with Crippen LogP contribution in [0.3, 0.4) is 0 Å². The van der Waals surface area contributed by atoms with E-state index in [0.717, 1.165) is 0 Å². The van der Waals surface area contributed by atoms with Crippen molar-refractivity contribution in [3.05, 3.63) is 21.4 Å². The summed E-state index contributed by atoms with van der Waals surface area (Å²) < 4.78 is 0. The number of carboxylic acid groups (broad SMARTS) is 2. The molecule has 0 radical (unpaired) electrons. The maximum atomic E-state index is 10.4. The fourth-order valence-electron chi connectivity index (χ4n) is 0.749. The summed E-state index contributed by atoms with van der Waals surface area (Å²) in [6, 6.07) is 0. The molecule has 13 heavy (non-hydrogen) atoms. The van der Waals surface area contributed by atoms with Crippen LogP contribution < -0.4 is 0 Å². The molecule has 0 atom stereocenters. The van der Waals surface area contributed by atoms with Gasteiger partial charge < -0.3 is 15.2 Å². The fraction of sp³-hybridized carbons (Fsp3) is 0. The van der Waals surface area contributed by atoms with Gasteiger partial charge in [-0.05, 0) is 0 Å². The summed E-state index contributed by atoms with van der Waals surface area (Å²) in [6.45, 7) is 0. The van der Waals surface area contributed by atoms with E-state index in [9.17, 15) is 9.59 Å². The number of carbonyl (C=O) groups is 2. The van der Waals surface area contributed by atoms with Gasteiger partial charge in [0.15, 0.2) is 0 Å². The maximum Gasteiger partial charge on any atom is 0.353 e. The summed E-state index contributed by atoms with van der Waals surface area (Å²) in [4.78, 5) is 23.0. The number of nitrogens with one attached hydrogen (secondary N) is 1. The molecule has 0 fully saturated rings. The summed E-state index contributed by atoms with van der Waals surface area (Å²) in [5.41, 5.74) is -0.854. The minimum atomic E-state index is -1.36. The number of rotatable bonds is 2. The van der Waals surface area contributed by atoms with Crippen molar-refractivity contribution >= 4 is 35.1 Å². The monoisotopic (exact) mass is 223 g/mol. The topological polar surface area (TPSA) is 90.4 Å². The lowest BCUT2D eigenvalue weighted by Crippen LogP contribution is -2.00. The Morgan fingerprint density at radius 1 is 1.00 bits per heavy atom. The van der Waals surface area contributed by atoms with Crippen molar-refractivity contribution in [3.63, 3.8) is 0 Å². The zero-order valence-electron chi connectivity index (χ0n) is 5.97. The molecule has 0 aliphatic rings. The Morgan fingerprint density at radius 3 is 1.46 bits per heavy atom. The Balaban J connectivity index is 3.36. The minimum absolute atomic E-state index is 0.299. The van der Waals surface area contributed by atoms with Crippen molar-refractivity contribution in [1.29, 1.82) is 0 Å². The SMILES string of the molecule is O=C(O)c1[nH]c(C(=O)O)c(Cl)c1Cl. The second-order valence-corrected chi connectivity index (χ2v) is 2.87. The number of hydrogen-bond donors (Lipinski definition) is 3. The van der Waals surface area contributed by atoms with Gasteiger partial charge in [-0.2, -0.15) is 0 Å². The van der Waals surface area contributed by atoms with Gasteiger partial charge in [-0.3, -0.25) is 0 Å². The van der Waals surface area contributed by atoms with E-state index in [1.54, 1.807) is 0 Å². The highest BCUT2D eigenvalue weighted by Crippen LogP contribution is 2.29. The minimum Gasteiger partial charge on any atom is -0.477 e. The number of H-pyrrole nitrogens is 1. The number of aromatic nitrogens is 1. The van der Waals surface area contributed by atoms with Gasteiger partial charge in [-0.1, -0.05) is 23.2 Å². The average Bonchev–Trinajstić information content (AvgIpc) is 2.29. The van der Waals surface area contributed by atoms with Crippen LogP contribution in [0.5, 0.6) is 0 Å². The molecule has 0 bridgehead atoms. The van der Waals surface area contributed by atoms with Crippen molar-refractivity contribution in [2.45, 2.75) is 0 Å². The Labute approximate surface area is 81.9 Å². The van der Waals surface area contributed by atoms with E-state index >= 15 is 0 Å². The van der Waals surface area contributed by atoms with Gasteiger partial charge in [-0.25, -0.2) is 9.59 Å². The lowest BCUT2D eigenvalue weighted by atomic mass is 10.4. The molecule has 0 saturated heterocycles. The highest BCUT2D eigenvalue weighted by atomic mass is 35.5. The van der Waals surface area contributed by atoms with Gasteiger partial charge in [0.05, 0.1) is 10.0 Å². The molecular weight excluding hydrogens is 221 g/mol. The Morgan fingerprint density at radius 2 is 1.31 bits per heavy atom. The standard InChI is InChI=1S/C6H3Cl2NO4/c7-1-2(8)4(6(12)13)9-3(1)5(10)11/h9H,(H,10,11)(H,12,13). The lowest BCUT2D eigenvalue weighted by Gasteiger charge is -1.87. The smallest absolute Gasteiger partial charge is 0.353 e. The fourth-order valence-corrected chi connectivity index (χ4v) is 1.19. The van der Waals surface area contributed by atoms with Crippen LogP contribution in [-0.4, -0.2) is 27.1 Å². The third kappa shape index (κ3) is 1.61. The molecular formula is C6H3Cl2NO4. The largest absolute Gasteiger partial charge is 0.477 e. The van der Waals surface area contributed by atoms with Crippen molar-refractivity contribution < 1.29 is 19.8 Å². The lowest BCUT2D eigenvalue weighted by molar-refractivity contribution is 0.0689. The molecule has 3 N–H and O–H groups in total.